The average molecular weight is 365 g/mol. The fourth-order valence-electron chi connectivity index (χ4n) is 2.51. The van der Waals surface area contributed by atoms with Gasteiger partial charge in [0.25, 0.3) is 0 Å². The highest BCUT2D eigenvalue weighted by atomic mass is 32.2. The Hall–Kier alpha value is -2.91. The molecule has 1 heterocycles. The van der Waals surface area contributed by atoms with Crippen molar-refractivity contribution in [3.05, 3.63) is 65.0 Å². The monoisotopic (exact) mass is 365 g/mol. The van der Waals surface area contributed by atoms with Gasteiger partial charge in [-0.25, -0.2) is 9.37 Å². The van der Waals surface area contributed by atoms with E-state index in [1.54, 1.807) is 12.1 Å². The predicted molar refractivity (Wildman–Crippen MR) is 102 cm³/mol. The number of pyridine rings is 1. The number of aryl methyl sites for hydroxylation is 2. The van der Waals surface area contributed by atoms with E-state index in [4.69, 9.17) is 0 Å². The van der Waals surface area contributed by atoms with E-state index in [-0.39, 0.29) is 11.7 Å². The average Bonchev–Trinajstić information content (AvgIpc) is 2.60. The van der Waals surface area contributed by atoms with Gasteiger partial charge in [-0.15, -0.1) is 0 Å². The minimum atomic E-state index is -0.413. The van der Waals surface area contributed by atoms with Crippen LogP contribution < -0.4 is 5.32 Å². The number of fused-ring (bicyclic) bond motifs is 1. The molecule has 0 bridgehead atoms. The van der Waals surface area contributed by atoms with Crippen LogP contribution in [0.15, 0.2) is 47.5 Å². The second-order valence-corrected chi connectivity index (χ2v) is 6.89. The first-order valence-electron chi connectivity index (χ1n) is 7.96. The van der Waals surface area contributed by atoms with Crippen molar-refractivity contribution in [3.8, 4) is 6.07 Å². The van der Waals surface area contributed by atoms with E-state index >= 15 is 0 Å². The molecule has 1 amide bonds. The van der Waals surface area contributed by atoms with Crippen LogP contribution in [0.5, 0.6) is 0 Å². The van der Waals surface area contributed by atoms with E-state index in [2.05, 4.69) is 16.4 Å². The Balaban J connectivity index is 1.78. The summed E-state index contributed by atoms with van der Waals surface area (Å²) in [6.07, 6.45) is 0. The van der Waals surface area contributed by atoms with E-state index in [9.17, 15) is 14.4 Å². The Morgan fingerprint density at radius 2 is 2.00 bits per heavy atom. The quantitative estimate of drug-likeness (QED) is 0.687. The first-order valence-corrected chi connectivity index (χ1v) is 8.95. The summed E-state index contributed by atoms with van der Waals surface area (Å²) in [4.78, 5) is 16.6. The highest BCUT2D eigenvalue weighted by Crippen LogP contribution is 2.26. The number of amides is 1. The molecule has 26 heavy (non-hydrogen) atoms. The number of rotatable bonds is 4. The van der Waals surface area contributed by atoms with E-state index in [0.29, 0.717) is 16.3 Å². The van der Waals surface area contributed by atoms with Gasteiger partial charge in [0.1, 0.15) is 16.9 Å². The van der Waals surface area contributed by atoms with E-state index < -0.39 is 5.82 Å². The van der Waals surface area contributed by atoms with Gasteiger partial charge in [0.05, 0.1) is 16.8 Å². The van der Waals surface area contributed by atoms with E-state index in [1.165, 1.54) is 30.0 Å². The minimum absolute atomic E-state index is 0.0779. The number of hydrogen-bond acceptors (Lipinski definition) is 4. The topological polar surface area (TPSA) is 65.8 Å². The fourth-order valence-corrected chi connectivity index (χ4v) is 3.27. The van der Waals surface area contributed by atoms with Crippen LogP contribution in [0, 0.1) is 31.0 Å². The molecule has 0 aliphatic heterocycles. The van der Waals surface area contributed by atoms with Gasteiger partial charge in [-0.3, -0.25) is 4.79 Å². The van der Waals surface area contributed by atoms with Gasteiger partial charge < -0.3 is 5.32 Å². The standard InChI is InChI=1S/C20H16FN3OS/c1-12-6-14-8-15(10-22)20(24-18(14)7-13(12)2)26-11-19(25)23-17-5-3-4-16(21)9-17/h3-9H,11H2,1-2H3,(H,23,25). The Labute approximate surface area is 155 Å². The molecule has 0 atom stereocenters. The number of hydrogen-bond donors (Lipinski definition) is 1. The zero-order valence-electron chi connectivity index (χ0n) is 14.3. The van der Waals surface area contributed by atoms with E-state index in [1.807, 2.05) is 26.0 Å². The number of nitrogens with one attached hydrogen (secondary N) is 1. The molecule has 3 rings (SSSR count). The van der Waals surface area contributed by atoms with Crippen LogP contribution in [0.4, 0.5) is 10.1 Å². The van der Waals surface area contributed by atoms with Gasteiger partial charge in [-0.05, 0) is 61.4 Å². The Bertz CT molecular complexity index is 1040. The zero-order valence-corrected chi connectivity index (χ0v) is 15.2. The fraction of sp³-hybridized carbons (Fsp3) is 0.150. The highest BCUT2D eigenvalue weighted by molar-refractivity contribution is 8.00. The van der Waals surface area contributed by atoms with Crippen LogP contribution in [-0.4, -0.2) is 16.6 Å². The molecule has 1 aromatic heterocycles. The lowest BCUT2D eigenvalue weighted by molar-refractivity contribution is -0.113. The molecule has 0 spiro atoms. The van der Waals surface area contributed by atoms with Crippen molar-refractivity contribution in [1.82, 2.24) is 4.98 Å². The summed E-state index contributed by atoms with van der Waals surface area (Å²) in [5, 5.41) is 13.4. The molecule has 130 valence electrons. The van der Waals surface area contributed by atoms with Gasteiger partial charge in [-0.2, -0.15) is 5.26 Å². The normalized spacial score (nSPS) is 10.5. The molecule has 4 nitrogen and oxygen atoms in total. The van der Waals surface area contributed by atoms with Crippen LogP contribution in [0.3, 0.4) is 0 Å². The lowest BCUT2D eigenvalue weighted by Gasteiger charge is -2.08. The molecule has 0 aliphatic rings. The lowest BCUT2D eigenvalue weighted by atomic mass is 10.1. The molecule has 0 unspecified atom stereocenters. The Kier molecular flexibility index (Phi) is 5.19. The number of aromatic nitrogens is 1. The van der Waals surface area contributed by atoms with Gasteiger partial charge in [0.15, 0.2) is 0 Å². The summed E-state index contributed by atoms with van der Waals surface area (Å²) in [7, 11) is 0. The van der Waals surface area contributed by atoms with Crippen molar-refractivity contribution >= 4 is 34.3 Å². The largest absolute Gasteiger partial charge is 0.325 e. The molecular formula is C20H16FN3OS. The molecule has 0 saturated heterocycles. The number of nitrogens with zero attached hydrogens (tertiary/aromatic N) is 2. The summed E-state index contributed by atoms with van der Waals surface area (Å²) >= 11 is 1.19. The maximum Gasteiger partial charge on any atom is 0.234 e. The van der Waals surface area contributed by atoms with Crippen LogP contribution >= 0.6 is 11.8 Å². The van der Waals surface area contributed by atoms with Gasteiger partial charge in [-0.1, -0.05) is 17.8 Å². The Morgan fingerprint density at radius 1 is 1.23 bits per heavy atom. The molecule has 0 fully saturated rings. The smallest absolute Gasteiger partial charge is 0.234 e. The van der Waals surface area contributed by atoms with E-state index in [0.717, 1.165) is 22.0 Å². The second kappa shape index (κ2) is 7.54. The van der Waals surface area contributed by atoms with Gasteiger partial charge in [0, 0.05) is 11.1 Å². The number of nitriles is 1. The van der Waals surface area contributed by atoms with Crippen molar-refractivity contribution in [2.45, 2.75) is 18.9 Å². The predicted octanol–water partition coefficient (Wildman–Crippen LogP) is 4.59. The van der Waals surface area contributed by atoms with Crippen molar-refractivity contribution < 1.29 is 9.18 Å². The Morgan fingerprint density at radius 3 is 2.73 bits per heavy atom. The van der Waals surface area contributed by atoms with Gasteiger partial charge in [0.2, 0.25) is 5.91 Å². The van der Waals surface area contributed by atoms with Crippen molar-refractivity contribution in [2.75, 3.05) is 11.1 Å². The minimum Gasteiger partial charge on any atom is -0.325 e. The number of carbonyl (C=O) groups excluding carboxylic acids is 1. The maximum atomic E-state index is 13.2. The van der Waals surface area contributed by atoms with Gasteiger partial charge >= 0.3 is 0 Å². The molecule has 6 heteroatoms. The third-order valence-corrected chi connectivity index (χ3v) is 4.96. The van der Waals surface area contributed by atoms with Crippen LogP contribution in [0.2, 0.25) is 0 Å². The number of thioether (sulfide) groups is 1. The van der Waals surface area contributed by atoms with Crippen LogP contribution in [-0.2, 0) is 4.79 Å². The first kappa shape index (κ1) is 17.9. The number of halogens is 1. The summed E-state index contributed by atoms with van der Waals surface area (Å²) in [6.45, 7) is 4.02. The zero-order chi connectivity index (χ0) is 18.7. The third kappa shape index (κ3) is 4.01. The van der Waals surface area contributed by atoms with Crippen molar-refractivity contribution in [1.29, 1.82) is 5.26 Å². The third-order valence-electron chi connectivity index (χ3n) is 3.96. The molecule has 0 saturated carbocycles. The summed E-state index contributed by atoms with van der Waals surface area (Å²) in [5.74, 6) is -0.621. The molecule has 0 radical (unpaired) electrons. The lowest BCUT2D eigenvalue weighted by Crippen LogP contribution is -2.14. The van der Waals surface area contributed by atoms with Crippen molar-refractivity contribution in [3.63, 3.8) is 0 Å². The molecule has 0 aliphatic carbocycles. The molecule has 1 N–H and O–H groups in total. The molecular weight excluding hydrogens is 349 g/mol. The number of benzene rings is 2. The summed E-state index contributed by atoms with van der Waals surface area (Å²) < 4.78 is 13.2. The summed E-state index contributed by atoms with van der Waals surface area (Å²) in [6, 6.07) is 13.6. The molecule has 2 aromatic carbocycles. The maximum absolute atomic E-state index is 13.2. The van der Waals surface area contributed by atoms with Crippen LogP contribution in [0.25, 0.3) is 10.9 Å². The highest BCUT2D eigenvalue weighted by Gasteiger charge is 2.11. The summed E-state index contributed by atoms with van der Waals surface area (Å²) in [5.41, 5.74) is 3.88. The SMILES string of the molecule is Cc1cc2cc(C#N)c(SCC(=O)Nc3cccc(F)c3)nc2cc1C. The second-order valence-electron chi connectivity index (χ2n) is 5.93. The van der Waals surface area contributed by atoms with Crippen LogP contribution in [0.1, 0.15) is 16.7 Å². The molecule has 3 aromatic rings. The van der Waals surface area contributed by atoms with Crippen molar-refractivity contribution in [2.24, 2.45) is 0 Å². The first-order chi connectivity index (χ1) is 12.5. The number of carbonyl (C=O) groups is 1. The number of anilines is 1.